The molecule has 0 amide bonds. The van der Waals surface area contributed by atoms with Gasteiger partial charge in [0.15, 0.2) is 5.58 Å². The molecule has 154 valence electrons. The number of halogens is 5. The van der Waals surface area contributed by atoms with E-state index in [9.17, 15) is 22.0 Å². The van der Waals surface area contributed by atoms with Crippen LogP contribution in [-0.2, 0) is 11.9 Å². The van der Waals surface area contributed by atoms with Crippen LogP contribution in [0.4, 0.5) is 22.0 Å². The summed E-state index contributed by atoms with van der Waals surface area (Å²) in [7, 11) is 0. The van der Waals surface area contributed by atoms with Crippen molar-refractivity contribution in [2.75, 3.05) is 6.54 Å². The molecule has 4 nitrogen and oxygen atoms in total. The summed E-state index contributed by atoms with van der Waals surface area (Å²) in [4.78, 5) is 3.60. The number of hydrogen-bond acceptors (Lipinski definition) is 5. The van der Waals surface area contributed by atoms with E-state index in [0.717, 1.165) is 12.1 Å². The van der Waals surface area contributed by atoms with E-state index >= 15 is 0 Å². The molecule has 1 aromatic carbocycles. The van der Waals surface area contributed by atoms with Crippen molar-refractivity contribution in [3.63, 3.8) is 0 Å². The quantitative estimate of drug-likeness (QED) is 0.673. The fraction of sp³-hybridized carbons (Fsp3) is 0.611. The molecule has 0 spiro atoms. The summed E-state index contributed by atoms with van der Waals surface area (Å²) < 4.78 is 72.0. The maximum Gasteiger partial charge on any atom is 0.416 e. The van der Waals surface area contributed by atoms with Gasteiger partial charge in [-0.25, -0.2) is 19.2 Å². The second-order valence-corrected chi connectivity index (χ2v) is 8.72. The predicted molar refractivity (Wildman–Crippen MR) is 95.7 cm³/mol. The molecule has 2 fully saturated rings. The van der Waals surface area contributed by atoms with Crippen molar-refractivity contribution >= 4 is 22.9 Å². The summed E-state index contributed by atoms with van der Waals surface area (Å²) in [6.45, 7) is 0.664. The third-order valence-corrected chi connectivity index (χ3v) is 6.98. The number of alkyl halides is 5. The Kier molecular flexibility index (Phi) is 5.08. The Balaban J connectivity index is 1.51. The Morgan fingerprint density at radius 1 is 1.25 bits per heavy atom. The van der Waals surface area contributed by atoms with Gasteiger partial charge in [0.1, 0.15) is 5.52 Å². The molecule has 4 rings (SSSR count). The zero-order valence-electron chi connectivity index (χ0n) is 14.9. The molecule has 2 heterocycles. The number of nitrogens with one attached hydrogen (secondary N) is 2. The molecule has 2 aliphatic rings. The number of fused-ring (bicyclic) bond motifs is 1. The minimum Gasteiger partial charge on any atom is -0.440 e. The third kappa shape index (κ3) is 3.99. The van der Waals surface area contributed by atoms with E-state index in [1.165, 1.54) is 17.8 Å². The van der Waals surface area contributed by atoms with Gasteiger partial charge in [0.25, 0.3) is 0 Å². The number of hydrazine groups is 1. The first-order valence-corrected chi connectivity index (χ1v) is 10.1. The van der Waals surface area contributed by atoms with Gasteiger partial charge < -0.3 is 4.42 Å². The van der Waals surface area contributed by atoms with Crippen LogP contribution in [0.1, 0.15) is 43.6 Å². The van der Waals surface area contributed by atoms with Crippen LogP contribution in [0.5, 0.6) is 0 Å². The fourth-order valence-corrected chi connectivity index (χ4v) is 5.36. The highest BCUT2D eigenvalue weighted by Gasteiger charge is 2.48. The predicted octanol–water partition coefficient (Wildman–Crippen LogP) is 5.10. The average molecular weight is 421 g/mol. The lowest BCUT2D eigenvalue weighted by atomic mass is 9.81. The Hall–Kier alpha value is -1.39. The number of nitrogens with zero attached hydrogens (tertiary/aromatic N) is 1. The van der Waals surface area contributed by atoms with Gasteiger partial charge in [-0.3, -0.25) is 5.43 Å². The zero-order valence-corrected chi connectivity index (χ0v) is 15.7. The van der Waals surface area contributed by atoms with Crippen molar-refractivity contribution in [1.29, 1.82) is 0 Å². The van der Waals surface area contributed by atoms with E-state index in [-0.39, 0.29) is 41.5 Å². The SMILES string of the molecule is FC1(F)CCCC(C2(SCc3nc4cc(C(F)(F)F)ccc4o3)CCNN2)C1. The van der Waals surface area contributed by atoms with Crippen LogP contribution in [0.25, 0.3) is 11.1 Å². The van der Waals surface area contributed by atoms with Crippen LogP contribution >= 0.6 is 11.8 Å². The second-order valence-electron chi connectivity index (χ2n) is 7.42. The van der Waals surface area contributed by atoms with Crippen molar-refractivity contribution in [2.45, 2.75) is 54.8 Å². The van der Waals surface area contributed by atoms with Crippen molar-refractivity contribution < 1.29 is 26.4 Å². The van der Waals surface area contributed by atoms with E-state index in [0.29, 0.717) is 25.8 Å². The molecule has 28 heavy (non-hydrogen) atoms. The molecule has 2 aromatic rings. The molecule has 0 radical (unpaired) electrons. The first-order valence-electron chi connectivity index (χ1n) is 9.15. The molecule has 1 saturated carbocycles. The van der Waals surface area contributed by atoms with Crippen LogP contribution in [-0.4, -0.2) is 22.3 Å². The van der Waals surface area contributed by atoms with Gasteiger partial charge >= 0.3 is 6.18 Å². The largest absolute Gasteiger partial charge is 0.440 e. The van der Waals surface area contributed by atoms with Gasteiger partial charge in [0.2, 0.25) is 11.8 Å². The normalized spacial score (nSPS) is 28.1. The van der Waals surface area contributed by atoms with Crippen molar-refractivity contribution in [2.24, 2.45) is 5.92 Å². The molecule has 2 atom stereocenters. The minimum absolute atomic E-state index is 0.0790. The maximum atomic E-state index is 13.9. The standard InChI is InChI=1S/C18H20F5N3OS/c19-16(20)5-1-2-12(9-16)17(6-7-24-26-17)28-10-15-25-13-8-11(18(21,22)23)3-4-14(13)27-15/h3-4,8,12,24,26H,1-2,5-7,9-10H2. The summed E-state index contributed by atoms with van der Waals surface area (Å²) in [5.41, 5.74) is 5.84. The number of oxazole rings is 1. The summed E-state index contributed by atoms with van der Waals surface area (Å²) in [5.74, 6) is -2.30. The molecule has 1 aliphatic heterocycles. The lowest BCUT2D eigenvalue weighted by Gasteiger charge is -2.41. The lowest BCUT2D eigenvalue weighted by molar-refractivity contribution is -0.137. The van der Waals surface area contributed by atoms with Crippen LogP contribution in [0.2, 0.25) is 0 Å². The molecular weight excluding hydrogens is 401 g/mol. The summed E-state index contributed by atoms with van der Waals surface area (Å²) in [5, 5.41) is 0. The summed E-state index contributed by atoms with van der Waals surface area (Å²) in [6.07, 6.45) is -2.83. The number of benzene rings is 1. The van der Waals surface area contributed by atoms with Gasteiger partial charge in [-0.05, 0) is 43.4 Å². The Labute approximate surface area is 162 Å². The number of aromatic nitrogens is 1. The van der Waals surface area contributed by atoms with E-state index in [4.69, 9.17) is 4.42 Å². The Morgan fingerprint density at radius 3 is 2.75 bits per heavy atom. The summed E-state index contributed by atoms with van der Waals surface area (Å²) >= 11 is 1.43. The molecule has 10 heteroatoms. The highest BCUT2D eigenvalue weighted by atomic mass is 32.2. The Morgan fingerprint density at radius 2 is 2.07 bits per heavy atom. The first-order chi connectivity index (χ1) is 13.2. The molecule has 2 unspecified atom stereocenters. The molecule has 1 saturated heterocycles. The smallest absolute Gasteiger partial charge is 0.416 e. The van der Waals surface area contributed by atoms with Gasteiger partial charge in [-0.2, -0.15) is 13.2 Å². The second kappa shape index (κ2) is 7.14. The minimum atomic E-state index is -4.45. The molecule has 1 aliphatic carbocycles. The van der Waals surface area contributed by atoms with Crippen LogP contribution < -0.4 is 10.9 Å². The monoisotopic (exact) mass is 421 g/mol. The van der Waals surface area contributed by atoms with Gasteiger partial charge in [0, 0.05) is 19.4 Å². The average Bonchev–Trinajstić information content (AvgIpc) is 3.25. The van der Waals surface area contributed by atoms with Crippen molar-refractivity contribution in [1.82, 2.24) is 15.8 Å². The topological polar surface area (TPSA) is 50.1 Å². The molecule has 2 N–H and O–H groups in total. The number of thioether (sulfide) groups is 1. The maximum absolute atomic E-state index is 13.9. The van der Waals surface area contributed by atoms with E-state index in [2.05, 4.69) is 15.8 Å². The van der Waals surface area contributed by atoms with Crippen molar-refractivity contribution in [3.05, 3.63) is 29.7 Å². The Bertz CT molecular complexity index is 847. The summed E-state index contributed by atoms with van der Waals surface area (Å²) in [6, 6.07) is 3.17. The molecule has 1 aromatic heterocycles. The highest BCUT2D eigenvalue weighted by Crippen LogP contribution is 2.48. The van der Waals surface area contributed by atoms with Gasteiger partial charge in [0.05, 0.1) is 16.2 Å². The highest BCUT2D eigenvalue weighted by molar-refractivity contribution is 7.99. The molecular formula is C18H20F5N3OS. The number of rotatable bonds is 4. The van der Waals surface area contributed by atoms with E-state index in [1.54, 1.807) is 0 Å². The first kappa shape index (κ1) is 19.9. The zero-order chi connectivity index (χ0) is 20.0. The van der Waals surface area contributed by atoms with E-state index in [1.807, 2.05) is 0 Å². The van der Waals surface area contributed by atoms with Gasteiger partial charge in [-0.1, -0.05) is 0 Å². The fourth-order valence-electron chi connectivity index (χ4n) is 4.03. The molecule has 0 bridgehead atoms. The van der Waals surface area contributed by atoms with E-state index < -0.39 is 22.5 Å². The van der Waals surface area contributed by atoms with Crippen molar-refractivity contribution in [3.8, 4) is 0 Å². The van der Waals surface area contributed by atoms with Gasteiger partial charge in [-0.15, -0.1) is 11.8 Å². The van der Waals surface area contributed by atoms with Crippen LogP contribution in [0.3, 0.4) is 0 Å². The number of hydrogen-bond donors (Lipinski definition) is 2. The van der Waals surface area contributed by atoms with Crippen LogP contribution in [0, 0.1) is 5.92 Å². The van der Waals surface area contributed by atoms with Crippen LogP contribution in [0.15, 0.2) is 22.6 Å². The third-order valence-electron chi connectivity index (χ3n) is 5.43. The lowest BCUT2D eigenvalue weighted by Crippen LogP contribution is -2.50.